The number of halogens is 3. The molecule has 1 heterocycles. The molecule has 0 unspecified atom stereocenters. The lowest BCUT2D eigenvalue weighted by atomic mass is 10.2. The van der Waals surface area contributed by atoms with E-state index in [1.807, 2.05) is 0 Å². The van der Waals surface area contributed by atoms with Gasteiger partial charge in [-0.05, 0) is 28.9 Å². The molecule has 7 heteroatoms. The van der Waals surface area contributed by atoms with Gasteiger partial charge in [0.2, 0.25) is 0 Å². The maximum atomic E-state index is 12.4. The van der Waals surface area contributed by atoms with E-state index in [-0.39, 0.29) is 22.5 Å². The van der Waals surface area contributed by atoms with Gasteiger partial charge in [-0.1, -0.05) is 0 Å². The van der Waals surface area contributed by atoms with Gasteiger partial charge in [-0.2, -0.15) is 0 Å². The van der Waals surface area contributed by atoms with E-state index < -0.39 is 18.1 Å². The number of hydrogen-bond donors (Lipinski definition) is 1. The Morgan fingerprint density at radius 2 is 2.31 bits per heavy atom. The maximum Gasteiger partial charge on any atom is 0.343 e. The summed E-state index contributed by atoms with van der Waals surface area (Å²) in [6.07, 6.45) is -2.74. The van der Waals surface area contributed by atoms with Crippen molar-refractivity contribution < 1.29 is 18.3 Å². The molecule has 0 bridgehead atoms. The monoisotopic (exact) mass is 294 g/mol. The largest absolute Gasteiger partial charge is 0.462 e. The Morgan fingerprint density at radius 1 is 1.69 bits per heavy atom. The molecular formula is C9H9BrF2N2O2. The lowest BCUT2D eigenvalue weighted by Gasteiger charge is -2.08. The highest BCUT2D eigenvalue weighted by molar-refractivity contribution is 9.10. The molecule has 1 aromatic heterocycles. The Hall–Kier alpha value is -1.24. The van der Waals surface area contributed by atoms with Crippen LogP contribution in [0.4, 0.5) is 14.6 Å². The molecule has 0 radical (unpaired) electrons. The molecule has 1 aromatic rings. The number of esters is 1. The standard InChI is InChI=1S/C9H9BrF2N2O2/c1-2-16-9(15)6-4(10)3-5(7(11)12)14-8(6)13/h3,7H,2H2,1H3,(H2,13,14). The molecule has 0 aliphatic carbocycles. The van der Waals surface area contributed by atoms with Crippen molar-refractivity contribution in [2.45, 2.75) is 13.3 Å². The van der Waals surface area contributed by atoms with Crippen molar-refractivity contribution in [3.8, 4) is 0 Å². The van der Waals surface area contributed by atoms with E-state index in [0.29, 0.717) is 0 Å². The molecule has 0 fully saturated rings. The number of anilines is 1. The number of alkyl halides is 2. The highest BCUT2D eigenvalue weighted by Gasteiger charge is 2.20. The van der Waals surface area contributed by atoms with Gasteiger partial charge in [-0.15, -0.1) is 0 Å². The van der Waals surface area contributed by atoms with Crippen LogP contribution in [-0.4, -0.2) is 17.6 Å². The van der Waals surface area contributed by atoms with Gasteiger partial charge in [0.15, 0.2) is 0 Å². The molecule has 0 amide bonds. The summed E-state index contributed by atoms with van der Waals surface area (Å²) in [5.41, 5.74) is 4.89. The second-order valence-electron chi connectivity index (χ2n) is 2.81. The number of ether oxygens (including phenoxy) is 1. The van der Waals surface area contributed by atoms with Crippen LogP contribution in [0.25, 0.3) is 0 Å². The van der Waals surface area contributed by atoms with Crippen molar-refractivity contribution in [2.24, 2.45) is 0 Å². The first-order valence-electron chi connectivity index (χ1n) is 4.38. The molecule has 1 rings (SSSR count). The third kappa shape index (κ3) is 2.66. The van der Waals surface area contributed by atoms with Gasteiger partial charge in [0.25, 0.3) is 6.43 Å². The molecule has 2 N–H and O–H groups in total. The van der Waals surface area contributed by atoms with Crippen molar-refractivity contribution in [1.82, 2.24) is 4.98 Å². The fraction of sp³-hybridized carbons (Fsp3) is 0.333. The molecule has 0 aromatic carbocycles. The number of hydrogen-bond acceptors (Lipinski definition) is 4. The fourth-order valence-corrected chi connectivity index (χ4v) is 1.67. The SMILES string of the molecule is CCOC(=O)c1c(Br)cc(C(F)F)nc1N. The van der Waals surface area contributed by atoms with E-state index in [4.69, 9.17) is 10.5 Å². The molecule has 16 heavy (non-hydrogen) atoms. The topological polar surface area (TPSA) is 65.2 Å². The van der Waals surface area contributed by atoms with Crippen LogP contribution >= 0.6 is 15.9 Å². The number of carbonyl (C=O) groups excluding carboxylic acids is 1. The first kappa shape index (κ1) is 12.8. The molecule has 0 aliphatic heterocycles. The highest BCUT2D eigenvalue weighted by atomic mass is 79.9. The summed E-state index contributed by atoms with van der Waals surface area (Å²) < 4.78 is 29.6. The van der Waals surface area contributed by atoms with Crippen LogP contribution in [0.15, 0.2) is 10.5 Å². The third-order valence-corrected chi connectivity index (χ3v) is 2.35. The van der Waals surface area contributed by atoms with Gasteiger partial charge in [0, 0.05) is 4.47 Å². The Labute approximate surface area is 98.9 Å². The number of carbonyl (C=O) groups is 1. The van der Waals surface area contributed by atoms with Crippen LogP contribution in [0.5, 0.6) is 0 Å². The summed E-state index contributed by atoms with van der Waals surface area (Å²) in [5.74, 6) is -0.969. The van der Waals surface area contributed by atoms with Gasteiger partial charge >= 0.3 is 5.97 Å². The van der Waals surface area contributed by atoms with Crippen molar-refractivity contribution in [3.05, 3.63) is 21.8 Å². The smallest absolute Gasteiger partial charge is 0.343 e. The number of aromatic nitrogens is 1. The average molecular weight is 295 g/mol. The maximum absolute atomic E-state index is 12.4. The van der Waals surface area contributed by atoms with Gasteiger partial charge < -0.3 is 10.5 Å². The zero-order valence-corrected chi connectivity index (χ0v) is 9.92. The van der Waals surface area contributed by atoms with Crippen LogP contribution in [0.3, 0.4) is 0 Å². The van der Waals surface area contributed by atoms with E-state index in [9.17, 15) is 13.6 Å². The predicted octanol–water partition coefficient (Wildman–Crippen LogP) is 2.54. The molecule has 0 spiro atoms. The number of nitrogens with zero attached hydrogens (tertiary/aromatic N) is 1. The summed E-state index contributed by atoms with van der Waals surface area (Å²) in [7, 11) is 0. The second kappa shape index (κ2) is 5.20. The minimum atomic E-state index is -2.74. The van der Waals surface area contributed by atoms with Gasteiger partial charge in [-0.25, -0.2) is 18.6 Å². The molecule has 4 nitrogen and oxygen atoms in total. The third-order valence-electron chi connectivity index (χ3n) is 1.72. The van der Waals surface area contributed by atoms with Crippen molar-refractivity contribution >= 4 is 27.7 Å². The lowest BCUT2D eigenvalue weighted by molar-refractivity contribution is 0.0525. The van der Waals surface area contributed by atoms with Crippen LogP contribution in [-0.2, 0) is 4.74 Å². The lowest BCUT2D eigenvalue weighted by Crippen LogP contribution is -2.11. The zero-order valence-electron chi connectivity index (χ0n) is 8.34. The minimum Gasteiger partial charge on any atom is -0.462 e. The summed E-state index contributed by atoms with van der Waals surface area (Å²) >= 11 is 2.98. The van der Waals surface area contributed by atoms with Gasteiger partial charge in [0.05, 0.1) is 6.61 Å². The summed E-state index contributed by atoms with van der Waals surface area (Å²) in [4.78, 5) is 14.8. The van der Waals surface area contributed by atoms with E-state index in [0.717, 1.165) is 6.07 Å². The van der Waals surface area contributed by atoms with Crippen molar-refractivity contribution in [1.29, 1.82) is 0 Å². The number of nitrogens with two attached hydrogens (primary N) is 1. The second-order valence-corrected chi connectivity index (χ2v) is 3.66. The van der Waals surface area contributed by atoms with E-state index in [1.54, 1.807) is 6.92 Å². The summed E-state index contributed by atoms with van der Waals surface area (Å²) in [6, 6.07) is 1.05. The van der Waals surface area contributed by atoms with Crippen LogP contribution in [0, 0.1) is 0 Å². The normalized spacial score (nSPS) is 10.6. The molecule has 0 saturated heterocycles. The Kier molecular flexibility index (Phi) is 4.17. The Bertz CT molecular complexity index is 389. The Balaban J connectivity index is 3.17. The van der Waals surface area contributed by atoms with Crippen molar-refractivity contribution in [2.75, 3.05) is 12.3 Å². The number of pyridine rings is 1. The number of rotatable bonds is 3. The van der Waals surface area contributed by atoms with Crippen LogP contribution < -0.4 is 5.73 Å². The first-order valence-corrected chi connectivity index (χ1v) is 5.17. The summed E-state index contributed by atoms with van der Waals surface area (Å²) in [5, 5.41) is 0. The van der Waals surface area contributed by atoms with E-state index >= 15 is 0 Å². The average Bonchev–Trinajstić information content (AvgIpc) is 2.16. The molecular weight excluding hydrogens is 286 g/mol. The zero-order chi connectivity index (χ0) is 12.3. The molecule has 0 saturated carbocycles. The first-order chi connectivity index (χ1) is 7.47. The fourth-order valence-electron chi connectivity index (χ4n) is 1.07. The van der Waals surface area contributed by atoms with Gasteiger partial charge in [-0.3, -0.25) is 0 Å². The van der Waals surface area contributed by atoms with Crippen LogP contribution in [0.1, 0.15) is 29.4 Å². The molecule has 88 valence electrons. The Morgan fingerprint density at radius 3 is 2.75 bits per heavy atom. The number of nitrogen functional groups attached to an aromatic ring is 1. The minimum absolute atomic E-state index is 0.0359. The van der Waals surface area contributed by atoms with Gasteiger partial charge in [0.1, 0.15) is 17.1 Å². The predicted molar refractivity (Wildman–Crippen MR) is 57.3 cm³/mol. The quantitative estimate of drug-likeness (QED) is 0.870. The summed E-state index contributed by atoms with van der Waals surface area (Å²) in [6.45, 7) is 1.80. The van der Waals surface area contributed by atoms with E-state index in [2.05, 4.69) is 20.9 Å². The molecule has 0 aliphatic rings. The molecule has 0 atom stereocenters. The van der Waals surface area contributed by atoms with E-state index in [1.165, 1.54) is 0 Å². The van der Waals surface area contributed by atoms with Crippen molar-refractivity contribution in [3.63, 3.8) is 0 Å². The highest BCUT2D eigenvalue weighted by Crippen LogP contribution is 2.27. The van der Waals surface area contributed by atoms with Crippen LogP contribution in [0.2, 0.25) is 0 Å².